The summed E-state index contributed by atoms with van der Waals surface area (Å²) in [4.78, 5) is 75.2. The van der Waals surface area contributed by atoms with Gasteiger partial charge in [0.2, 0.25) is 17.7 Å². The molecule has 0 unspecified atom stereocenters. The van der Waals surface area contributed by atoms with E-state index in [0.29, 0.717) is 0 Å². The molecule has 10 rings (SSSR count). The molecule has 0 saturated heterocycles. The van der Waals surface area contributed by atoms with Crippen molar-refractivity contribution >= 4 is 40.8 Å². The predicted molar refractivity (Wildman–Crippen MR) is 319 cm³/mol. The third-order valence-corrected chi connectivity index (χ3v) is 15.9. The maximum absolute atomic E-state index is 14.9. The van der Waals surface area contributed by atoms with E-state index in [1.807, 2.05) is 182 Å². The lowest BCUT2D eigenvalue weighted by Gasteiger charge is -2.35. The minimum atomic E-state index is -1.71. The lowest BCUT2D eigenvalue weighted by molar-refractivity contribution is -0.132. The number of benzene rings is 7. The van der Waals surface area contributed by atoms with Crippen molar-refractivity contribution in [1.82, 2.24) is 31.6 Å². The van der Waals surface area contributed by atoms with Crippen molar-refractivity contribution in [3.8, 4) is 22.3 Å². The van der Waals surface area contributed by atoms with Gasteiger partial charge in [-0.2, -0.15) is 0 Å². The Bertz CT molecular complexity index is 3500. The highest BCUT2D eigenvalue weighted by atomic mass is 16.6. The van der Waals surface area contributed by atoms with Gasteiger partial charge in [0.1, 0.15) is 36.9 Å². The second kappa shape index (κ2) is 25.8. The third kappa shape index (κ3) is 13.0. The summed E-state index contributed by atoms with van der Waals surface area (Å²) in [6.07, 6.45) is -3.85. The van der Waals surface area contributed by atoms with Gasteiger partial charge >= 0.3 is 12.2 Å². The predicted octanol–water partition coefficient (Wildman–Crippen LogP) is 9.46. The smallest absolute Gasteiger partial charge is 0.408 e. The van der Waals surface area contributed by atoms with Crippen LogP contribution in [0.4, 0.5) is 9.59 Å². The zero-order chi connectivity index (χ0) is 58.1. The van der Waals surface area contributed by atoms with Crippen LogP contribution >= 0.6 is 0 Å². The van der Waals surface area contributed by atoms with E-state index in [0.717, 1.165) is 72.1 Å². The normalized spacial score (nSPS) is 15.1. The summed E-state index contributed by atoms with van der Waals surface area (Å²) >= 11 is 0. The van der Waals surface area contributed by atoms with Crippen LogP contribution in [0.25, 0.3) is 33.2 Å². The topological polar surface area (TPSA) is 220 Å². The molecule has 1 heterocycles. The summed E-state index contributed by atoms with van der Waals surface area (Å²) in [5, 5.41) is 40.2. The van der Waals surface area contributed by atoms with E-state index < -0.39 is 90.3 Å². The van der Waals surface area contributed by atoms with E-state index in [2.05, 4.69) is 31.6 Å². The Kier molecular flexibility index (Phi) is 17.8. The van der Waals surface area contributed by atoms with E-state index >= 15 is 0 Å². The molecule has 2 aliphatic rings. The Morgan fingerprint density at radius 2 is 0.904 bits per heavy atom. The van der Waals surface area contributed by atoms with E-state index in [1.165, 1.54) is 0 Å². The minimum Gasteiger partial charge on any atom is -0.449 e. The molecule has 1 aromatic heterocycles. The average molecular weight is 1120 g/mol. The Balaban J connectivity index is 0.862. The Labute approximate surface area is 483 Å². The number of nitrogens with one attached hydrogen (secondary N) is 6. The quantitative estimate of drug-likeness (QED) is 0.0324. The van der Waals surface area contributed by atoms with Crippen molar-refractivity contribution in [2.45, 2.75) is 101 Å². The Hall–Kier alpha value is -9.05. The molecule has 0 bridgehead atoms. The van der Waals surface area contributed by atoms with Crippen LogP contribution in [0.5, 0.6) is 0 Å². The number of hydrogen-bond acceptors (Lipinski definition) is 9. The molecule has 426 valence electrons. The second-order valence-electron chi connectivity index (χ2n) is 22.2. The van der Waals surface area contributed by atoms with Crippen LogP contribution in [-0.2, 0) is 43.1 Å². The van der Waals surface area contributed by atoms with Crippen LogP contribution in [-0.4, -0.2) is 94.1 Å². The number of carbonyl (C=O) groups excluding carboxylic acids is 5. The van der Waals surface area contributed by atoms with Crippen molar-refractivity contribution in [1.29, 1.82) is 0 Å². The number of aromatic amines is 1. The molecule has 7 aromatic carbocycles. The zero-order valence-electron chi connectivity index (χ0n) is 46.8. The standard InChI is InChI=1S/C68H70N6O9/c1-40(2)59(73-64(77)58(37-44-38-69-55-34-20-19-25-45(44)55)72-68(81)83-63-52-32-17-15-28-48(52)49-29-16-18-33-53(49)63)65(78)70-56(35-42-21-7-5-8-22-42)61(75)62(76)57(36-43-23-9-6-10-24-43)71-66(79)60(41(3)4)74-67(80)82-39-54-50-30-13-11-26-46(50)47-27-12-14-31-51(47)54/h5-34,38,40-41,54,56-63,69,75-76H,35-37,39H2,1-4H3,(H,70,78)(H,71,79)(H,72,81)(H,73,77)(H,74,80)/t56-,57-,58-,59-,60-,61-,62-/m0/s1. The first-order valence-corrected chi connectivity index (χ1v) is 28.4. The summed E-state index contributed by atoms with van der Waals surface area (Å²) in [5.41, 5.74) is 10.8. The van der Waals surface area contributed by atoms with Gasteiger partial charge in [0.05, 0.1) is 12.1 Å². The number of H-pyrrole nitrogens is 1. The fourth-order valence-electron chi connectivity index (χ4n) is 11.6. The van der Waals surface area contributed by atoms with Gasteiger partial charge < -0.3 is 51.3 Å². The van der Waals surface area contributed by atoms with Crippen molar-refractivity contribution in [2.75, 3.05) is 6.61 Å². The lowest BCUT2D eigenvalue weighted by Crippen LogP contribution is -2.62. The van der Waals surface area contributed by atoms with Gasteiger partial charge in [-0.3, -0.25) is 14.4 Å². The van der Waals surface area contributed by atoms with Gasteiger partial charge in [0, 0.05) is 40.6 Å². The highest BCUT2D eigenvalue weighted by Crippen LogP contribution is 2.46. The summed E-state index contributed by atoms with van der Waals surface area (Å²) in [5.74, 6) is -3.11. The molecule has 0 radical (unpaired) electrons. The van der Waals surface area contributed by atoms with Gasteiger partial charge in [-0.05, 0) is 80.8 Å². The molecule has 8 N–H and O–H groups in total. The first-order valence-electron chi connectivity index (χ1n) is 28.4. The van der Waals surface area contributed by atoms with Crippen LogP contribution in [0.1, 0.15) is 78.7 Å². The fraction of sp³-hybridized carbons (Fsp3) is 0.279. The lowest BCUT2D eigenvalue weighted by atomic mass is 9.90. The van der Waals surface area contributed by atoms with E-state index in [1.54, 1.807) is 33.9 Å². The summed E-state index contributed by atoms with van der Waals surface area (Å²) in [7, 11) is 0. The summed E-state index contributed by atoms with van der Waals surface area (Å²) in [6, 6.07) is 51.4. The Morgan fingerprint density at radius 3 is 1.41 bits per heavy atom. The van der Waals surface area contributed by atoms with E-state index in [-0.39, 0.29) is 31.8 Å². The highest BCUT2D eigenvalue weighted by molar-refractivity contribution is 5.93. The number of carbonyl (C=O) groups is 5. The van der Waals surface area contributed by atoms with Crippen molar-refractivity contribution in [3.63, 3.8) is 0 Å². The molecule has 0 fully saturated rings. The number of aromatic nitrogens is 1. The molecule has 15 nitrogen and oxygen atoms in total. The first-order chi connectivity index (χ1) is 40.2. The number of aliphatic hydroxyl groups is 2. The van der Waals surface area contributed by atoms with Crippen LogP contribution in [0.2, 0.25) is 0 Å². The van der Waals surface area contributed by atoms with E-state index in [9.17, 15) is 34.2 Å². The molecule has 0 spiro atoms. The van der Waals surface area contributed by atoms with Crippen molar-refractivity contribution in [2.24, 2.45) is 11.8 Å². The Morgan fingerprint density at radius 1 is 0.470 bits per heavy atom. The second-order valence-corrected chi connectivity index (χ2v) is 22.2. The first kappa shape index (κ1) is 57.2. The van der Waals surface area contributed by atoms with E-state index in [4.69, 9.17) is 9.47 Å². The number of ether oxygens (including phenoxy) is 2. The SMILES string of the molecule is CC(C)[C@H](NC(=O)OCC1c2ccccc2-c2ccccc21)C(=O)N[C@@H](Cc1ccccc1)[C@H](O)[C@@H](O)[C@H](Cc1ccccc1)NC(=O)[C@@H](NC(=O)[C@H](Cc1c[nH]c2ccccc12)NC(=O)OC1c2ccccc2-c2ccccc21)C(C)C. The highest BCUT2D eigenvalue weighted by Gasteiger charge is 2.40. The van der Waals surface area contributed by atoms with Crippen LogP contribution in [0, 0.1) is 11.8 Å². The van der Waals surface area contributed by atoms with Gasteiger partial charge in [0.25, 0.3) is 0 Å². The number of amides is 5. The molecule has 83 heavy (non-hydrogen) atoms. The number of rotatable bonds is 22. The maximum atomic E-state index is 14.9. The largest absolute Gasteiger partial charge is 0.449 e. The molecule has 2 aliphatic carbocycles. The summed E-state index contributed by atoms with van der Waals surface area (Å²) in [6.45, 7) is 7.12. The molecule has 0 saturated carbocycles. The minimum absolute atomic E-state index is 0.0319. The zero-order valence-corrected chi connectivity index (χ0v) is 46.8. The number of hydrogen-bond donors (Lipinski definition) is 8. The molecule has 0 aliphatic heterocycles. The van der Waals surface area contributed by atoms with Crippen molar-refractivity contribution < 1.29 is 43.7 Å². The van der Waals surface area contributed by atoms with Gasteiger partial charge in [-0.15, -0.1) is 0 Å². The molecular formula is C68H70N6O9. The summed E-state index contributed by atoms with van der Waals surface area (Å²) < 4.78 is 12.0. The molecule has 8 aromatic rings. The van der Waals surface area contributed by atoms with Crippen LogP contribution < -0.4 is 26.6 Å². The number of aliphatic hydroxyl groups excluding tert-OH is 2. The molecule has 15 heteroatoms. The molecular weight excluding hydrogens is 1040 g/mol. The number of fused-ring (bicyclic) bond motifs is 7. The molecule has 7 atom stereocenters. The number of alkyl carbamates (subject to hydrolysis) is 2. The molecule has 5 amide bonds. The third-order valence-electron chi connectivity index (χ3n) is 15.9. The average Bonchev–Trinajstić information content (AvgIpc) is 3.07. The fourth-order valence-corrected chi connectivity index (χ4v) is 11.6. The van der Waals surface area contributed by atoms with Crippen LogP contribution in [0.15, 0.2) is 188 Å². The van der Waals surface area contributed by atoms with Gasteiger partial charge in [-0.25, -0.2) is 9.59 Å². The van der Waals surface area contributed by atoms with Crippen LogP contribution in [0.3, 0.4) is 0 Å². The number of para-hydroxylation sites is 1. The van der Waals surface area contributed by atoms with Gasteiger partial charge in [-0.1, -0.05) is 204 Å². The van der Waals surface area contributed by atoms with Gasteiger partial charge in [0.15, 0.2) is 6.10 Å². The monoisotopic (exact) mass is 1110 g/mol. The maximum Gasteiger partial charge on any atom is 0.408 e. The van der Waals surface area contributed by atoms with Crippen molar-refractivity contribution in [3.05, 3.63) is 227 Å².